The molecule has 0 spiro atoms. The van der Waals surface area contributed by atoms with Crippen molar-refractivity contribution < 1.29 is 14.3 Å². The van der Waals surface area contributed by atoms with Gasteiger partial charge in [-0.05, 0) is 54.2 Å². The number of benzene rings is 1. The summed E-state index contributed by atoms with van der Waals surface area (Å²) in [6.07, 6.45) is 10.5. The average Bonchev–Trinajstić information content (AvgIpc) is 3.18. The lowest BCUT2D eigenvalue weighted by molar-refractivity contribution is -0.121. The molecule has 5 nitrogen and oxygen atoms in total. The second kappa shape index (κ2) is 9.04. The molecule has 1 amide bonds. The Kier molecular flexibility index (Phi) is 6.25. The molecule has 2 aromatic rings. The van der Waals surface area contributed by atoms with Crippen molar-refractivity contribution in [3.8, 4) is 11.5 Å². The lowest BCUT2D eigenvalue weighted by atomic mass is 10.1. The summed E-state index contributed by atoms with van der Waals surface area (Å²) >= 11 is 0. The third-order valence-electron chi connectivity index (χ3n) is 4.42. The molecule has 1 atom stereocenters. The van der Waals surface area contributed by atoms with Gasteiger partial charge in [0, 0.05) is 25.4 Å². The SMILES string of the molecule is COc1cc(CNC(=O)C[C@H]2C=CCC2)ccc1OCc1ccncc1. The van der Waals surface area contributed by atoms with Gasteiger partial charge in [-0.25, -0.2) is 0 Å². The molecule has 1 heterocycles. The Bertz CT molecular complexity index is 759. The van der Waals surface area contributed by atoms with Gasteiger partial charge in [-0.1, -0.05) is 18.2 Å². The number of aromatic nitrogens is 1. The van der Waals surface area contributed by atoms with Crippen molar-refractivity contribution in [2.75, 3.05) is 7.11 Å². The van der Waals surface area contributed by atoms with Gasteiger partial charge in [0.25, 0.3) is 0 Å². The van der Waals surface area contributed by atoms with E-state index in [0.29, 0.717) is 37.0 Å². The van der Waals surface area contributed by atoms with Crippen LogP contribution in [0.4, 0.5) is 0 Å². The largest absolute Gasteiger partial charge is 0.493 e. The summed E-state index contributed by atoms with van der Waals surface area (Å²) in [4.78, 5) is 16.0. The van der Waals surface area contributed by atoms with Gasteiger partial charge in [-0.15, -0.1) is 0 Å². The first-order valence-corrected chi connectivity index (χ1v) is 8.86. The maximum Gasteiger partial charge on any atom is 0.220 e. The van der Waals surface area contributed by atoms with Crippen LogP contribution in [-0.4, -0.2) is 18.0 Å². The first kappa shape index (κ1) is 18.0. The number of hydrogen-bond acceptors (Lipinski definition) is 4. The molecule has 0 fully saturated rings. The maximum absolute atomic E-state index is 12.0. The summed E-state index contributed by atoms with van der Waals surface area (Å²) in [6, 6.07) is 9.55. The van der Waals surface area contributed by atoms with Crippen LogP contribution in [0.5, 0.6) is 11.5 Å². The molecule has 1 aliphatic carbocycles. The number of carbonyl (C=O) groups is 1. The van der Waals surface area contributed by atoms with Gasteiger partial charge in [0.1, 0.15) is 6.61 Å². The molecule has 0 radical (unpaired) electrons. The van der Waals surface area contributed by atoms with Gasteiger partial charge in [0.15, 0.2) is 11.5 Å². The smallest absolute Gasteiger partial charge is 0.220 e. The minimum absolute atomic E-state index is 0.0820. The lowest BCUT2D eigenvalue weighted by Crippen LogP contribution is -2.24. The van der Waals surface area contributed by atoms with E-state index in [4.69, 9.17) is 9.47 Å². The van der Waals surface area contributed by atoms with Crippen molar-refractivity contribution in [1.82, 2.24) is 10.3 Å². The van der Waals surface area contributed by atoms with Gasteiger partial charge in [0.2, 0.25) is 5.91 Å². The van der Waals surface area contributed by atoms with Gasteiger partial charge in [-0.2, -0.15) is 0 Å². The first-order valence-electron chi connectivity index (χ1n) is 8.86. The Morgan fingerprint density at radius 1 is 1.19 bits per heavy atom. The number of carbonyl (C=O) groups excluding carboxylic acids is 1. The molecule has 0 bridgehead atoms. The Balaban J connectivity index is 1.54. The summed E-state index contributed by atoms with van der Waals surface area (Å²) in [5, 5.41) is 2.98. The maximum atomic E-state index is 12.0. The second-order valence-corrected chi connectivity index (χ2v) is 6.38. The molecular formula is C21H24N2O3. The summed E-state index contributed by atoms with van der Waals surface area (Å²) in [6.45, 7) is 0.931. The molecule has 1 aromatic heterocycles. The number of nitrogens with zero attached hydrogens (tertiary/aromatic N) is 1. The fourth-order valence-corrected chi connectivity index (χ4v) is 2.96. The van der Waals surface area contributed by atoms with Crippen molar-refractivity contribution in [3.63, 3.8) is 0 Å². The third kappa shape index (κ3) is 5.09. The highest BCUT2D eigenvalue weighted by atomic mass is 16.5. The summed E-state index contributed by atoms with van der Waals surface area (Å²) in [5.41, 5.74) is 2.02. The Morgan fingerprint density at radius 3 is 2.77 bits per heavy atom. The number of ether oxygens (including phenoxy) is 2. The number of amides is 1. The molecule has 5 heteroatoms. The van der Waals surface area contributed by atoms with Crippen LogP contribution < -0.4 is 14.8 Å². The van der Waals surface area contributed by atoms with E-state index in [1.807, 2.05) is 30.3 Å². The highest BCUT2D eigenvalue weighted by Gasteiger charge is 2.14. The molecule has 3 rings (SSSR count). The van der Waals surface area contributed by atoms with Crippen LogP contribution >= 0.6 is 0 Å². The molecular weight excluding hydrogens is 328 g/mol. The summed E-state index contributed by atoms with van der Waals surface area (Å²) < 4.78 is 11.3. The Hall–Kier alpha value is -2.82. The quantitative estimate of drug-likeness (QED) is 0.737. The minimum Gasteiger partial charge on any atom is -0.493 e. The summed E-state index contributed by atoms with van der Waals surface area (Å²) in [5.74, 6) is 1.80. The number of nitrogens with one attached hydrogen (secondary N) is 1. The highest BCUT2D eigenvalue weighted by molar-refractivity contribution is 5.76. The predicted octanol–water partition coefficient (Wildman–Crippen LogP) is 3.64. The van der Waals surface area contributed by atoms with Crippen molar-refractivity contribution in [1.29, 1.82) is 0 Å². The molecule has 1 aliphatic rings. The molecule has 136 valence electrons. The van der Waals surface area contributed by atoms with E-state index in [2.05, 4.69) is 22.5 Å². The average molecular weight is 352 g/mol. The van der Waals surface area contributed by atoms with E-state index >= 15 is 0 Å². The van der Waals surface area contributed by atoms with Crippen LogP contribution in [0.2, 0.25) is 0 Å². The number of pyridine rings is 1. The monoisotopic (exact) mass is 352 g/mol. The van der Waals surface area contributed by atoms with Crippen LogP contribution in [0, 0.1) is 5.92 Å². The van der Waals surface area contributed by atoms with Crippen molar-refractivity contribution in [2.45, 2.75) is 32.4 Å². The number of methoxy groups -OCH3 is 1. The van der Waals surface area contributed by atoms with E-state index in [-0.39, 0.29) is 5.91 Å². The number of rotatable bonds is 8. The van der Waals surface area contributed by atoms with Crippen LogP contribution in [0.3, 0.4) is 0 Å². The molecule has 0 saturated heterocycles. The highest BCUT2D eigenvalue weighted by Crippen LogP contribution is 2.29. The molecule has 0 saturated carbocycles. The minimum atomic E-state index is 0.0820. The Morgan fingerprint density at radius 2 is 2.04 bits per heavy atom. The molecule has 1 aromatic carbocycles. The third-order valence-corrected chi connectivity index (χ3v) is 4.42. The standard InChI is InChI=1S/C21H24N2O3/c1-25-20-12-18(14-23-21(24)13-16-4-2-3-5-16)6-7-19(20)26-15-17-8-10-22-11-9-17/h2,4,6-12,16H,3,5,13-15H2,1H3,(H,23,24)/t16-/m0/s1. The second-order valence-electron chi connectivity index (χ2n) is 6.38. The Labute approximate surface area is 154 Å². The molecule has 0 aliphatic heterocycles. The van der Waals surface area contributed by atoms with Crippen molar-refractivity contribution >= 4 is 5.91 Å². The van der Waals surface area contributed by atoms with E-state index in [9.17, 15) is 4.79 Å². The van der Waals surface area contributed by atoms with E-state index in [0.717, 1.165) is 24.0 Å². The number of allylic oxidation sites excluding steroid dienone is 2. The normalized spacial score (nSPS) is 15.7. The van der Waals surface area contributed by atoms with Crippen LogP contribution in [0.15, 0.2) is 54.9 Å². The fourth-order valence-electron chi connectivity index (χ4n) is 2.96. The van der Waals surface area contributed by atoms with Gasteiger partial charge < -0.3 is 14.8 Å². The molecule has 0 unspecified atom stereocenters. The molecule has 26 heavy (non-hydrogen) atoms. The summed E-state index contributed by atoms with van der Waals surface area (Å²) in [7, 11) is 1.61. The predicted molar refractivity (Wildman–Crippen MR) is 99.9 cm³/mol. The van der Waals surface area contributed by atoms with Crippen molar-refractivity contribution in [3.05, 3.63) is 66.0 Å². The zero-order valence-electron chi connectivity index (χ0n) is 15.0. The van der Waals surface area contributed by atoms with Crippen molar-refractivity contribution in [2.24, 2.45) is 5.92 Å². The van der Waals surface area contributed by atoms with Crippen LogP contribution in [-0.2, 0) is 17.9 Å². The lowest BCUT2D eigenvalue weighted by Gasteiger charge is -2.13. The van der Waals surface area contributed by atoms with Gasteiger partial charge in [-0.3, -0.25) is 9.78 Å². The van der Waals surface area contributed by atoms with E-state index in [1.54, 1.807) is 19.5 Å². The first-order chi connectivity index (χ1) is 12.7. The topological polar surface area (TPSA) is 60.5 Å². The van der Waals surface area contributed by atoms with Crippen LogP contribution in [0.25, 0.3) is 0 Å². The van der Waals surface area contributed by atoms with E-state index in [1.165, 1.54) is 0 Å². The number of hydrogen-bond donors (Lipinski definition) is 1. The van der Waals surface area contributed by atoms with Crippen LogP contribution in [0.1, 0.15) is 30.4 Å². The van der Waals surface area contributed by atoms with E-state index < -0.39 is 0 Å². The fraction of sp³-hybridized carbons (Fsp3) is 0.333. The van der Waals surface area contributed by atoms with Gasteiger partial charge in [0.05, 0.1) is 7.11 Å². The van der Waals surface area contributed by atoms with Gasteiger partial charge >= 0.3 is 0 Å². The molecule has 1 N–H and O–H groups in total. The zero-order chi connectivity index (χ0) is 18.2. The zero-order valence-corrected chi connectivity index (χ0v) is 15.0.